The first-order chi connectivity index (χ1) is 15.2. The zero-order valence-corrected chi connectivity index (χ0v) is 20.1. The first kappa shape index (κ1) is 26.1. The summed E-state index contributed by atoms with van der Waals surface area (Å²) in [4.78, 5) is 12.0. The lowest BCUT2D eigenvalue weighted by molar-refractivity contribution is -0.209. The van der Waals surface area contributed by atoms with Crippen molar-refractivity contribution in [2.24, 2.45) is 5.92 Å². The van der Waals surface area contributed by atoms with E-state index in [4.69, 9.17) is 14.2 Å². The van der Waals surface area contributed by atoms with E-state index in [1.165, 1.54) is 44.9 Å². The van der Waals surface area contributed by atoms with Gasteiger partial charge in [-0.15, -0.1) is 0 Å². The van der Waals surface area contributed by atoms with E-state index in [9.17, 15) is 4.79 Å². The smallest absolute Gasteiger partial charge is 0.313 e. The molecule has 4 nitrogen and oxygen atoms in total. The van der Waals surface area contributed by atoms with Crippen molar-refractivity contribution in [3.05, 3.63) is 24.3 Å². The molecule has 3 unspecified atom stereocenters. The summed E-state index contributed by atoms with van der Waals surface area (Å²) in [5.41, 5.74) is 0. The van der Waals surface area contributed by atoms with Crippen LogP contribution in [-0.2, 0) is 19.0 Å². The Hall–Kier alpha value is -1.13. The van der Waals surface area contributed by atoms with E-state index in [1.54, 1.807) is 0 Å². The summed E-state index contributed by atoms with van der Waals surface area (Å²) < 4.78 is 17.6. The maximum Gasteiger partial charge on any atom is 0.313 e. The zero-order chi connectivity index (χ0) is 22.2. The van der Waals surface area contributed by atoms with Gasteiger partial charge in [0.25, 0.3) is 0 Å². The molecule has 2 fully saturated rings. The monoisotopic (exact) mass is 434 g/mol. The van der Waals surface area contributed by atoms with E-state index in [0.29, 0.717) is 0 Å². The summed E-state index contributed by atoms with van der Waals surface area (Å²) in [5.74, 6) is 0.0446. The van der Waals surface area contributed by atoms with Gasteiger partial charge in [-0.3, -0.25) is 4.79 Å². The van der Waals surface area contributed by atoms with Gasteiger partial charge in [-0.05, 0) is 51.4 Å². The van der Waals surface area contributed by atoms with Crippen LogP contribution in [0.4, 0.5) is 0 Å². The largest absolute Gasteiger partial charge is 0.461 e. The number of hydrogen-bond donors (Lipinski definition) is 0. The van der Waals surface area contributed by atoms with Crippen molar-refractivity contribution in [2.75, 3.05) is 6.61 Å². The third-order valence-corrected chi connectivity index (χ3v) is 6.34. The fraction of sp³-hybridized carbons (Fsp3) is 0.815. The van der Waals surface area contributed by atoms with Crippen LogP contribution >= 0.6 is 0 Å². The van der Waals surface area contributed by atoms with Gasteiger partial charge in [0.15, 0.2) is 6.29 Å². The van der Waals surface area contributed by atoms with Gasteiger partial charge in [-0.2, -0.15) is 0 Å². The van der Waals surface area contributed by atoms with Gasteiger partial charge in [0.05, 0.1) is 12.0 Å². The molecule has 4 heteroatoms. The minimum Gasteiger partial charge on any atom is -0.461 e. The molecular weight excluding hydrogens is 388 g/mol. The number of cyclic esters (lactones) is 1. The second kappa shape index (κ2) is 16.5. The predicted molar refractivity (Wildman–Crippen MR) is 127 cm³/mol. The van der Waals surface area contributed by atoms with Gasteiger partial charge in [-0.25, -0.2) is 0 Å². The molecule has 0 aromatic rings. The maximum absolute atomic E-state index is 12.0. The van der Waals surface area contributed by atoms with Crippen molar-refractivity contribution in [3.63, 3.8) is 0 Å². The molecule has 0 amide bonds. The molecule has 0 spiro atoms. The second-order valence-corrected chi connectivity index (χ2v) is 9.13. The first-order valence-electron chi connectivity index (χ1n) is 13.0. The van der Waals surface area contributed by atoms with Gasteiger partial charge >= 0.3 is 5.97 Å². The highest BCUT2D eigenvalue weighted by Gasteiger charge is 2.43. The van der Waals surface area contributed by atoms with Crippen LogP contribution in [0.5, 0.6) is 0 Å². The van der Waals surface area contributed by atoms with Crippen molar-refractivity contribution in [3.8, 4) is 0 Å². The normalized spacial score (nSPS) is 25.1. The Morgan fingerprint density at radius 1 is 1.00 bits per heavy atom. The molecule has 178 valence electrons. The molecule has 0 saturated carbocycles. The first-order valence-corrected chi connectivity index (χ1v) is 13.0. The topological polar surface area (TPSA) is 44.8 Å². The van der Waals surface area contributed by atoms with E-state index in [2.05, 4.69) is 38.2 Å². The predicted octanol–water partition coefficient (Wildman–Crippen LogP) is 7.27. The minimum atomic E-state index is -0.107. The van der Waals surface area contributed by atoms with Crippen molar-refractivity contribution in [1.82, 2.24) is 0 Å². The Bertz CT molecular complexity index is 521. The van der Waals surface area contributed by atoms with E-state index >= 15 is 0 Å². The van der Waals surface area contributed by atoms with Crippen molar-refractivity contribution in [1.29, 1.82) is 0 Å². The lowest BCUT2D eigenvalue weighted by atomic mass is 9.87. The highest BCUT2D eigenvalue weighted by atomic mass is 16.7. The molecule has 31 heavy (non-hydrogen) atoms. The molecular formula is C27H46O4. The van der Waals surface area contributed by atoms with Crippen LogP contribution in [0.15, 0.2) is 24.3 Å². The van der Waals surface area contributed by atoms with Gasteiger partial charge in [0.1, 0.15) is 6.10 Å². The van der Waals surface area contributed by atoms with Crippen LogP contribution in [-0.4, -0.2) is 31.1 Å². The molecule has 2 aliphatic rings. The fourth-order valence-corrected chi connectivity index (χ4v) is 4.35. The SMILES string of the molecule is CCCCC/C=C\C/C=C\CC(CC1OC(=O)C1CCCCCC)O[C@@H]1CCCCO1. The summed E-state index contributed by atoms with van der Waals surface area (Å²) in [6.45, 7) is 5.24. The lowest BCUT2D eigenvalue weighted by Gasteiger charge is -2.38. The van der Waals surface area contributed by atoms with E-state index in [0.717, 1.165) is 58.0 Å². The van der Waals surface area contributed by atoms with E-state index in [1.807, 2.05) is 0 Å². The Kier molecular flexibility index (Phi) is 13.9. The van der Waals surface area contributed by atoms with E-state index < -0.39 is 0 Å². The lowest BCUT2D eigenvalue weighted by Crippen LogP contribution is -2.47. The van der Waals surface area contributed by atoms with Crippen LogP contribution in [0, 0.1) is 5.92 Å². The third-order valence-electron chi connectivity index (χ3n) is 6.34. The van der Waals surface area contributed by atoms with Gasteiger partial charge in [0.2, 0.25) is 0 Å². The van der Waals surface area contributed by atoms with Gasteiger partial charge in [-0.1, -0.05) is 76.7 Å². The number of esters is 1. The van der Waals surface area contributed by atoms with Crippen LogP contribution in [0.3, 0.4) is 0 Å². The zero-order valence-electron chi connectivity index (χ0n) is 20.1. The molecule has 0 aliphatic carbocycles. The van der Waals surface area contributed by atoms with Crippen LogP contribution in [0.25, 0.3) is 0 Å². The molecule has 2 heterocycles. The van der Waals surface area contributed by atoms with Crippen LogP contribution < -0.4 is 0 Å². The molecule has 4 atom stereocenters. The van der Waals surface area contributed by atoms with Gasteiger partial charge < -0.3 is 14.2 Å². The summed E-state index contributed by atoms with van der Waals surface area (Å²) in [7, 11) is 0. The quantitative estimate of drug-likeness (QED) is 0.137. The average Bonchev–Trinajstić information content (AvgIpc) is 2.78. The van der Waals surface area contributed by atoms with Crippen LogP contribution in [0.1, 0.15) is 110 Å². The summed E-state index contributed by atoms with van der Waals surface area (Å²) in [6.07, 6.45) is 25.6. The maximum atomic E-state index is 12.0. The van der Waals surface area contributed by atoms with Crippen LogP contribution in [0.2, 0.25) is 0 Å². The Balaban J connectivity index is 1.77. The molecule has 2 rings (SSSR count). The average molecular weight is 435 g/mol. The Morgan fingerprint density at radius 3 is 2.55 bits per heavy atom. The molecule has 0 N–H and O–H groups in total. The molecule has 0 bridgehead atoms. The van der Waals surface area contributed by atoms with E-state index in [-0.39, 0.29) is 30.4 Å². The van der Waals surface area contributed by atoms with Gasteiger partial charge in [0, 0.05) is 13.0 Å². The second-order valence-electron chi connectivity index (χ2n) is 9.13. The number of carbonyl (C=O) groups is 1. The molecule has 2 aliphatic heterocycles. The number of allylic oxidation sites excluding steroid dienone is 3. The summed E-state index contributed by atoms with van der Waals surface area (Å²) >= 11 is 0. The third kappa shape index (κ3) is 10.8. The standard InChI is InChI=1S/C27H46O4/c1-3-5-7-9-10-11-12-13-14-18-23(30-26-20-16-17-21-29-26)22-25-24(27(28)31-25)19-15-8-6-4-2/h10-11,13-14,23-26H,3-9,12,15-22H2,1-2H3/b11-10-,14-13-/t23?,24?,25?,26-/m1/s1. The number of rotatable bonds is 17. The molecule has 0 radical (unpaired) electrons. The highest BCUT2D eigenvalue weighted by Crippen LogP contribution is 2.33. The van der Waals surface area contributed by atoms with Crippen molar-refractivity contribution in [2.45, 2.75) is 129 Å². The molecule has 0 aromatic heterocycles. The summed E-state index contributed by atoms with van der Waals surface area (Å²) in [6, 6.07) is 0. The number of ether oxygens (including phenoxy) is 3. The minimum absolute atomic E-state index is 0.00887. The fourth-order valence-electron chi connectivity index (χ4n) is 4.35. The number of unbranched alkanes of at least 4 members (excludes halogenated alkanes) is 6. The Morgan fingerprint density at radius 2 is 1.81 bits per heavy atom. The van der Waals surface area contributed by atoms with Crippen molar-refractivity contribution >= 4 is 5.97 Å². The molecule has 2 saturated heterocycles. The number of carbonyl (C=O) groups excluding carboxylic acids is 1. The molecule has 0 aromatic carbocycles. The Labute approximate surface area is 190 Å². The number of hydrogen-bond acceptors (Lipinski definition) is 4. The summed E-state index contributed by atoms with van der Waals surface area (Å²) in [5, 5.41) is 0. The van der Waals surface area contributed by atoms with Crippen molar-refractivity contribution < 1.29 is 19.0 Å². The highest BCUT2D eigenvalue weighted by molar-refractivity contribution is 5.78.